The van der Waals surface area contributed by atoms with Gasteiger partial charge in [-0.25, -0.2) is 0 Å². The lowest BCUT2D eigenvalue weighted by Gasteiger charge is -2.15. The Kier molecular flexibility index (Phi) is 2.39. The van der Waals surface area contributed by atoms with E-state index in [0.717, 1.165) is 13.1 Å². The summed E-state index contributed by atoms with van der Waals surface area (Å²) < 4.78 is 0. The second-order valence-corrected chi connectivity index (χ2v) is 3.63. The molecule has 1 aromatic carbocycles. The summed E-state index contributed by atoms with van der Waals surface area (Å²) in [5.41, 5.74) is 3.57. The Bertz CT molecular complexity index is 356. The van der Waals surface area contributed by atoms with E-state index in [1.54, 1.807) is 0 Å². The monoisotopic (exact) mass is 189 g/mol. The highest BCUT2D eigenvalue weighted by Gasteiger charge is 2.05. The van der Waals surface area contributed by atoms with Gasteiger partial charge >= 0.3 is 0 Å². The van der Waals surface area contributed by atoms with Crippen molar-refractivity contribution in [2.75, 3.05) is 37.4 Å². The number of fused-ring (bicyclic) bond motifs is 1. The fraction of sp³-hybridized carbons (Fsp3) is 0.364. The van der Waals surface area contributed by atoms with Crippen LogP contribution in [-0.4, -0.2) is 33.4 Å². The Morgan fingerprint density at radius 3 is 3.00 bits per heavy atom. The van der Waals surface area contributed by atoms with Crippen molar-refractivity contribution >= 4 is 17.6 Å². The summed E-state index contributed by atoms with van der Waals surface area (Å²) in [5, 5.41) is 3.37. The first-order valence-corrected chi connectivity index (χ1v) is 4.82. The van der Waals surface area contributed by atoms with E-state index in [9.17, 15) is 0 Å². The van der Waals surface area contributed by atoms with E-state index in [4.69, 9.17) is 0 Å². The summed E-state index contributed by atoms with van der Waals surface area (Å²) >= 11 is 0. The molecule has 74 valence electrons. The molecule has 1 aromatic rings. The highest BCUT2D eigenvalue weighted by atomic mass is 15.1. The molecule has 0 radical (unpaired) electrons. The smallest absolute Gasteiger partial charge is 0.0562 e. The van der Waals surface area contributed by atoms with Gasteiger partial charge in [-0.3, -0.25) is 4.99 Å². The van der Waals surface area contributed by atoms with Crippen LogP contribution < -0.4 is 10.2 Å². The van der Waals surface area contributed by atoms with Crippen molar-refractivity contribution in [3.8, 4) is 0 Å². The predicted molar refractivity (Wildman–Crippen MR) is 61.7 cm³/mol. The van der Waals surface area contributed by atoms with Crippen molar-refractivity contribution in [2.24, 2.45) is 4.99 Å². The first-order valence-electron chi connectivity index (χ1n) is 4.82. The molecule has 1 aliphatic rings. The normalized spacial score (nSPS) is 14.1. The van der Waals surface area contributed by atoms with E-state index >= 15 is 0 Å². The fourth-order valence-corrected chi connectivity index (χ4v) is 1.51. The van der Waals surface area contributed by atoms with Crippen LogP contribution in [0.3, 0.4) is 0 Å². The van der Waals surface area contributed by atoms with Gasteiger partial charge in [0.15, 0.2) is 0 Å². The number of benzodiazepines with no additional fused rings is 1. The zero-order chi connectivity index (χ0) is 9.97. The van der Waals surface area contributed by atoms with Crippen LogP contribution in [0, 0.1) is 0 Å². The molecule has 1 N–H and O–H groups in total. The van der Waals surface area contributed by atoms with Gasteiger partial charge in [0.25, 0.3) is 0 Å². The van der Waals surface area contributed by atoms with E-state index in [1.807, 2.05) is 20.3 Å². The van der Waals surface area contributed by atoms with Crippen LogP contribution in [0.4, 0.5) is 11.4 Å². The lowest BCUT2D eigenvalue weighted by Crippen LogP contribution is -2.10. The van der Waals surface area contributed by atoms with Gasteiger partial charge in [-0.2, -0.15) is 0 Å². The molecule has 0 saturated heterocycles. The molecule has 0 atom stereocenters. The summed E-state index contributed by atoms with van der Waals surface area (Å²) in [4.78, 5) is 6.39. The summed E-state index contributed by atoms with van der Waals surface area (Å²) in [6, 6.07) is 6.37. The van der Waals surface area contributed by atoms with Crippen LogP contribution in [0.25, 0.3) is 0 Å². The van der Waals surface area contributed by atoms with Gasteiger partial charge < -0.3 is 10.2 Å². The largest absolute Gasteiger partial charge is 0.383 e. The molecule has 14 heavy (non-hydrogen) atoms. The second-order valence-electron chi connectivity index (χ2n) is 3.63. The quantitative estimate of drug-likeness (QED) is 0.726. The Balaban J connectivity index is 2.39. The van der Waals surface area contributed by atoms with Gasteiger partial charge in [-0.1, -0.05) is 0 Å². The number of nitrogens with one attached hydrogen (secondary N) is 1. The van der Waals surface area contributed by atoms with E-state index in [2.05, 4.69) is 33.4 Å². The van der Waals surface area contributed by atoms with Crippen LogP contribution in [0.1, 0.15) is 5.56 Å². The fourth-order valence-electron chi connectivity index (χ4n) is 1.51. The third kappa shape index (κ3) is 1.71. The van der Waals surface area contributed by atoms with E-state index in [-0.39, 0.29) is 0 Å². The van der Waals surface area contributed by atoms with Gasteiger partial charge in [-0.05, 0) is 18.2 Å². The SMILES string of the molecule is CN(C)c1ccc2c(c1)NCCN=C2. The standard InChI is InChI=1S/C11H15N3/c1-14(2)10-4-3-9-8-12-5-6-13-11(9)7-10/h3-4,7-8,13H,5-6H2,1-2H3. The lowest BCUT2D eigenvalue weighted by molar-refractivity contribution is 1.04. The summed E-state index contributed by atoms with van der Waals surface area (Å²) in [6.45, 7) is 1.77. The molecular weight excluding hydrogens is 174 g/mol. The maximum Gasteiger partial charge on any atom is 0.0562 e. The van der Waals surface area contributed by atoms with E-state index in [0.29, 0.717) is 0 Å². The molecule has 0 saturated carbocycles. The third-order valence-corrected chi connectivity index (χ3v) is 2.34. The lowest BCUT2D eigenvalue weighted by atomic mass is 10.1. The molecule has 0 fully saturated rings. The molecule has 1 aliphatic heterocycles. The molecule has 1 heterocycles. The van der Waals surface area contributed by atoms with Crippen LogP contribution in [0.15, 0.2) is 23.2 Å². The summed E-state index contributed by atoms with van der Waals surface area (Å²) in [6.07, 6.45) is 1.94. The third-order valence-electron chi connectivity index (χ3n) is 2.34. The molecule has 0 aromatic heterocycles. The minimum atomic E-state index is 0.853. The average Bonchev–Trinajstić information content (AvgIpc) is 2.41. The van der Waals surface area contributed by atoms with Crippen LogP contribution in [0.2, 0.25) is 0 Å². The Labute approximate surface area is 84.5 Å². The topological polar surface area (TPSA) is 27.6 Å². The molecular formula is C11H15N3. The van der Waals surface area contributed by atoms with Crippen LogP contribution >= 0.6 is 0 Å². The molecule has 3 nitrogen and oxygen atoms in total. The number of aliphatic imine (C=N–C) groups is 1. The Morgan fingerprint density at radius 1 is 1.36 bits per heavy atom. The zero-order valence-electron chi connectivity index (χ0n) is 8.62. The average molecular weight is 189 g/mol. The number of hydrogen-bond donors (Lipinski definition) is 1. The van der Waals surface area contributed by atoms with Crippen LogP contribution in [-0.2, 0) is 0 Å². The molecule has 0 amide bonds. The first kappa shape index (κ1) is 9.06. The minimum Gasteiger partial charge on any atom is -0.383 e. The van der Waals surface area contributed by atoms with Crippen molar-refractivity contribution in [1.82, 2.24) is 0 Å². The second kappa shape index (κ2) is 3.70. The Morgan fingerprint density at radius 2 is 2.21 bits per heavy atom. The van der Waals surface area contributed by atoms with Gasteiger partial charge in [0.1, 0.15) is 0 Å². The summed E-state index contributed by atoms with van der Waals surface area (Å²) in [5.74, 6) is 0. The van der Waals surface area contributed by atoms with E-state index < -0.39 is 0 Å². The van der Waals surface area contributed by atoms with Gasteiger partial charge in [0, 0.05) is 43.8 Å². The molecule has 0 bridgehead atoms. The van der Waals surface area contributed by atoms with E-state index in [1.165, 1.54) is 16.9 Å². The van der Waals surface area contributed by atoms with Gasteiger partial charge in [0.2, 0.25) is 0 Å². The molecule has 0 spiro atoms. The highest BCUT2D eigenvalue weighted by molar-refractivity contribution is 5.89. The maximum absolute atomic E-state index is 4.29. The number of rotatable bonds is 1. The predicted octanol–water partition coefficient (Wildman–Crippen LogP) is 1.60. The molecule has 2 rings (SSSR count). The number of anilines is 2. The van der Waals surface area contributed by atoms with Crippen LogP contribution in [0.5, 0.6) is 0 Å². The van der Waals surface area contributed by atoms with Gasteiger partial charge in [0.05, 0.1) is 6.54 Å². The van der Waals surface area contributed by atoms with Gasteiger partial charge in [-0.15, -0.1) is 0 Å². The summed E-state index contributed by atoms with van der Waals surface area (Å²) in [7, 11) is 4.10. The van der Waals surface area contributed by atoms with Crippen molar-refractivity contribution in [1.29, 1.82) is 0 Å². The van der Waals surface area contributed by atoms with Crippen molar-refractivity contribution in [3.63, 3.8) is 0 Å². The zero-order valence-corrected chi connectivity index (χ0v) is 8.62. The molecule has 0 unspecified atom stereocenters. The minimum absolute atomic E-state index is 0.853. The number of nitrogens with zero attached hydrogens (tertiary/aromatic N) is 2. The van der Waals surface area contributed by atoms with Crippen molar-refractivity contribution in [2.45, 2.75) is 0 Å². The van der Waals surface area contributed by atoms with Crippen molar-refractivity contribution in [3.05, 3.63) is 23.8 Å². The van der Waals surface area contributed by atoms with Crippen molar-refractivity contribution < 1.29 is 0 Å². The number of hydrogen-bond acceptors (Lipinski definition) is 3. The maximum atomic E-state index is 4.29. The first-order chi connectivity index (χ1) is 6.77. The molecule has 0 aliphatic carbocycles. The highest BCUT2D eigenvalue weighted by Crippen LogP contribution is 2.22. The molecule has 3 heteroatoms. The number of benzene rings is 1. The Hall–Kier alpha value is -1.51.